The van der Waals surface area contributed by atoms with Crippen LogP contribution in [0.4, 0.5) is 0 Å². The molecule has 0 unspecified atom stereocenters. The minimum absolute atomic E-state index is 0.137. The molecule has 0 fully saturated rings. The number of ether oxygens (including phenoxy) is 1. The van der Waals surface area contributed by atoms with Crippen LogP contribution in [0.1, 0.15) is 13.8 Å². The van der Waals surface area contributed by atoms with E-state index in [-0.39, 0.29) is 6.61 Å². The molecule has 0 amide bonds. The number of rotatable bonds is 4. The summed E-state index contributed by atoms with van der Waals surface area (Å²) in [6.07, 6.45) is 1.44. The molecule has 0 aromatic carbocycles. The van der Waals surface area contributed by atoms with Gasteiger partial charge in [-0.25, -0.2) is 0 Å². The van der Waals surface area contributed by atoms with Gasteiger partial charge < -0.3 is 14.5 Å². The minimum Gasteiger partial charge on any atom is -0.359 e. The molecule has 0 saturated heterocycles. The molecule has 0 aromatic heterocycles. The molecule has 0 aliphatic carbocycles. The first kappa shape index (κ1) is 10.8. The molecule has 0 aliphatic heterocycles. The molecule has 4 nitrogen and oxygen atoms in total. The summed E-state index contributed by atoms with van der Waals surface area (Å²) in [4.78, 5) is 17.4. The van der Waals surface area contributed by atoms with Gasteiger partial charge in [0.05, 0.1) is 6.61 Å². The van der Waals surface area contributed by atoms with Crippen LogP contribution in [-0.4, -0.2) is 21.7 Å². The van der Waals surface area contributed by atoms with Crippen molar-refractivity contribution in [3.8, 4) is 0 Å². The summed E-state index contributed by atoms with van der Waals surface area (Å²) < 4.78 is 15.6. The normalized spacial score (nSPS) is 13.1. The van der Waals surface area contributed by atoms with E-state index in [4.69, 9.17) is 14.5 Å². The van der Waals surface area contributed by atoms with Crippen LogP contribution < -0.4 is 0 Å². The van der Waals surface area contributed by atoms with E-state index in [9.17, 15) is 4.57 Å². The third-order valence-electron chi connectivity index (χ3n) is 1.26. The Labute approximate surface area is 66.0 Å². The van der Waals surface area contributed by atoms with E-state index in [0.29, 0.717) is 0 Å². The average molecular weight is 180 g/mol. The van der Waals surface area contributed by atoms with Crippen LogP contribution in [0.3, 0.4) is 0 Å². The standard InChI is InChI=1S/C6H13O4P/c1-4-5-10-6(2,3)11(7,8)9/h4H,1,5H2,2-3H3,(H2,7,8,9). The van der Waals surface area contributed by atoms with Crippen molar-refractivity contribution in [1.29, 1.82) is 0 Å². The molecule has 11 heavy (non-hydrogen) atoms. The summed E-state index contributed by atoms with van der Waals surface area (Å²) in [5.74, 6) is 0. The van der Waals surface area contributed by atoms with Crippen molar-refractivity contribution < 1.29 is 19.1 Å². The summed E-state index contributed by atoms with van der Waals surface area (Å²) >= 11 is 0. The minimum atomic E-state index is -4.17. The van der Waals surface area contributed by atoms with Crippen molar-refractivity contribution in [1.82, 2.24) is 0 Å². The van der Waals surface area contributed by atoms with Gasteiger partial charge >= 0.3 is 7.60 Å². The van der Waals surface area contributed by atoms with Gasteiger partial charge in [0, 0.05) is 0 Å². The summed E-state index contributed by atoms with van der Waals surface area (Å²) in [5.41, 5.74) is 0. The van der Waals surface area contributed by atoms with E-state index in [0.717, 1.165) is 0 Å². The topological polar surface area (TPSA) is 66.8 Å². The molecule has 0 saturated carbocycles. The highest BCUT2D eigenvalue weighted by molar-refractivity contribution is 7.53. The van der Waals surface area contributed by atoms with E-state index >= 15 is 0 Å². The zero-order chi connectivity index (χ0) is 9.12. The summed E-state index contributed by atoms with van der Waals surface area (Å²) in [6.45, 7) is 6.19. The first-order valence-corrected chi connectivity index (χ1v) is 4.73. The van der Waals surface area contributed by atoms with Gasteiger partial charge in [-0.2, -0.15) is 0 Å². The Morgan fingerprint density at radius 2 is 2.09 bits per heavy atom. The largest absolute Gasteiger partial charge is 0.359 e. The molecule has 0 atom stereocenters. The molecule has 66 valence electrons. The second-order valence-electron chi connectivity index (χ2n) is 2.59. The van der Waals surface area contributed by atoms with Crippen LogP contribution >= 0.6 is 7.60 Å². The highest BCUT2D eigenvalue weighted by Crippen LogP contribution is 2.50. The van der Waals surface area contributed by atoms with Crippen molar-refractivity contribution in [3.05, 3.63) is 12.7 Å². The van der Waals surface area contributed by atoms with Crippen molar-refractivity contribution in [2.75, 3.05) is 6.61 Å². The van der Waals surface area contributed by atoms with E-state index in [1.54, 1.807) is 0 Å². The van der Waals surface area contributed by atoms with E-state index in [1.165, 1.54) is 19.9 Å². The maximum atomic E-state index is 10.7. The van der Waals surface area contributed by atoms with Crippen LogP contribution in [0.25, 0.3) is 0 Å². The van der Waals surface area contributed by atoms with Gasteiger partial charge in [-0.15, -0.1) is 6.58 Å². The molecular formula is C6H13O4P. The molecule has 0 aliphatic rings. The summed E-state index contributed by atoms with van der Waals surface area (Å²) in [5, 5.41) is -1.42. The van der Waals surface area contributed by atoms with Crippen molar-refractivity contribution in [3.63, 3.8) is 0 Å². The van der Waals surface area contributed by atoms with Crippen LogP contribution in [0.5, 0.6) is 0 Å². The van der Waals surface area contributed by atoms with Gasteiger partial charge in [-0.1, -0.05) is 6.08 Å². The molecule has 0 heterocycles. The fourth-order valence-electron chi connectivity index (χ4n) is 0.347. The first-order chi connectivity index (χ1) is 4.81. The maximum Gasteiger partial charge on any atom is 0.356 e. The second kappa shape index (κ2) is 3.50. The van der Waals surface area contributed by atoms with Gasteiger partial charge in [0.25, 0.3) is 0 Å². The molecule has 0 spiro atoms. The highest BCUT2D eigenvalue weighted by atomic mass is 31.2. The van der Waals surface area contributed by atoms with Crippen LogP contribution in [-0.2, 0) is 9.30 Å². The lowest BCUT2D eigenvalue weighted by atomic mass is 10.4. The molecule has 0 radical (unpaired) electrons. The Hall–Kier alpha value is -0.150. The third-order valence-corrected chi connectivity index (χ3v) is 2.79. The molecule has 0 bridgehead atoms. The van der Waals surface area contributed by atoms with Gasteiger partial charge in [0.15, 0.2) is 5.34 Å². The molecule has 0 rings (SSSR count). The fraction of sp³-hybridized carbons (Fsp3) is 0.667. The van der Waals surface area contributed by atoms with E-state index in [1.807, 2.05) is 0 Å². The SMILES string of the molecule is C=CCOC(C)(C)P(=O)(O)O. The van der Waals surface area contributed by atoms with Gasteiger partial charge in [-0.3, -0.25) is 4.57 Å². The Kier molecular flexibility index (Phi) is 3.45. The van der Waals surface area contributed by atoms with E-state index in [2.05, 4.69) is 6.58 Å². The first-order valence-electron chi connectivity index (χ1n) is 3.12. The predicted molar refractivity (Wildman–Crippen MR) is 42.3 cm³/mol. The fourth-order valence-corrected chi connectivity index (χ4v) is 0.590. The van der Waals surface area contributed by atoms with Crippen LogP contribution in [0, 0.1) is 0 Å². The van der Waals surface area contributed by atoms with Gasteiger partial charge in [-0.05, 0) is 13.8 Å². The van der Waals surface area contributed by atoms with Crippen molar-refractivity contribution >= 4 is 7.60 Å². The van der Waals surface area contributed by atoms with Gasteiger partial charge in [0.1, 0.15) is 0 Å². The summed E-state index contributed by atoms with van der Waals surface area (Å²) in [6, 6.07) is 0. The lowest BCUT2D eigenvalue weighted by Gasteiger charge is -2.25. The smallest absolute Gasteiger partial charge is 0.356 e. The third kappa shape index (κ3) is 3.16. The highest BCUT2D eigenvalue weighted by Gasteiger charge is 2.38. The number of hydrogen-bond acceptors (Lipinski definition) is 2. The monoisotopic (exact) mass is 180 g/mol. The molecular weight excluding hydrogens is 167 g/mol. The maximum absolute atomic E-state index is 10.7. The van der Waals surface area contributed by atoms with E-state index < -0.39 is 12.9 Å². The summed E-state index contributed by atoms with van der Waals surface area (Å²) in [7, 11) is -4.17. The lowest BCUT2D eigenvalue weighted by Crippen LogP contribution is -2.24. The van der Waals surface area contributed by atoms with Gasteiger partial charge in [0.2, 0.25) is 0 Å². The predicted octanol–water partition coefficient (Wildman–Crippen LogP) is 1.10. The Morgan fingerprint density at radius 1 is 1.64 bits per heavy atom. The number of hydrogen-bond donors (Lipinski definition) is 2. The molecule has 0 aromatic rings. The molecule has 2 N–H and O–H groups in total. The lowest BCUT2D eigenvalue weighted by molar-refractivity contribution is 0.0432. The van der Waals surface area contributed by atoms with Crippen LogP contribution in [0.2, 0.25) is 0 Å². The Balaban J connectivity index is 4.22. The Morgan fingerprint density at radius 3 is 2.36 bits per heavy atom. The average Bonchev–Trinajstić information content (AvgIpc) is 1.81. The molecule has 5 heteroatoms. The Bertz CT molecular complexity index is 181. The second-order valence-corrected chi connectivity index (χ2v) is 4.76. The van der Waals surface area contributed by atoms with Crippen molar-refractivity contribution in [2.24, 2.45) is 0 Å². The van der Waals surface area contributed by atoms with Crippen LogP contribution in [0.15, 0.2) is 12.7 Å². The quantitative estimate of drug-likeness (QED) is 0.502. The zero-order valence-corrected chi connectivity index (χ0v) is 7.54. The van der Waals surface area contributed by atoms with Crippen molar-refractivity contribution in [2.45, 2.75) is 19.2 Å². The zero-order valence-electron chi connectivity index (χ0n) is 6.65.